The van der Waals surface area contributed by atoms with Gasteiger partial charge in [-0.05, 0) is 32.9 Å². The number of carbonyl (C=O) groups is 1. The highest BCUT2D eigenvalue weighted by atomic mass is 19.1. The molecule has 0 spiro atoms. The molecule has 0 saturated heterocycles. The van der Waals surface area contributed by atoms with Crippen molar-refractivity contribution in [2.24, 2.45) is 0 Å². The van der Waals surface area contributed by atoms with Gasteiger partial charge in [-0.25, -0.2) is 13.6 Å². The Morgan fingerprint density at radius 2 is 1.78 bits per heavy atom. The van der Waals surface area contributed by atoms with E-state index in [2.05, 4.69) is 5.32 Å². The predicted octanol–water partition coefficient (Wildman–Crippen LogP) is 2.23. The Morgan fingerprint density at radius 1 is 1.33 bits per heavy atom. The molecule has 0 saturated carbocycles. The van der Waals surface area contributed by atoms with Crippen LogP contribution in [0.25, 0.3) is 0 Å². The summed E-state index contributed by atoms with van der Waals surface area (Å²) in [6.45, 7) is 4.62. The van der Waals surface area contributed by atoms with Crippen molar-refractivity contribution in [3.8, 4) is 0 Å². The minimum Gasteiger partial charge on any atom is -0.478 e. The van der Waals surface area contributed by atoms with Gasteiger partial charge in [0.25, 0.3) is 0 Å². The molecule has 1 atom stereocenters. The lowest BCUT2D eigenvalue weighted by atomic mass is 9.98. The third-order valence-electron chi connectivity index (χ3n) is 2.78. The average Bonchev–Trinajstić information content (AvgIpc) is 2.22. The topological polar surface area (TPSA) is 69.6 Å². The van der Waals surface area contributed by atoms with E-state index in [-0.39, 0.29) is 0 Å². The van der Waals surface area contributed by atoms with Crippen LogP contribution in [-0.4, -0.2) is 27.8 Å². The average molecular weight is 259 g/mol. The third kappa shape index (κ3) is 2.95. The summed E-state index contributed by atoms with van der Waals surface area (Å²) in [5.74, 6) is -3.43. The first-order chi connectivity index (χ1) is 8.15. The number of rotatable bonds is 4. The summed E-state index contributed by atoms with van der Waals surface area (Å²) < 4.78 is 27.2. The van der Waals surface area contributed by atoms with E-state index in [9.17, 15) is 18.7 Å². The van der Waals surface area contributed by atoms with Gasteiger partial charge in [0.2, 0.25) is 0 Å². The first-order valence-corrected chi connectivity index (χ1v) is 5.33. The van der Waals surface area contributed by atoms with Crippen LogP contribution in [0.15, 0.2) is 12.1 Å². The van der Waals surface area contributed by atoms with Crippen molar-refractivity contribution in [2.75, 3.05) is 5.32 Å². The smallest absolute Gasteiger partial charge is 0.335 e. The van der Waals surface area contributed by atoms with Gasteiger partial charge in [0.05, 0.1) is 17.2 Å². The van der Waals surface area contributed by atoms with E-state index < -0.39 is 40.5 Å². The van der Waals surface area contributed by atoms with E-state index in [4.69, 9.17) is 5.11 Å². The Kier molecular flexibility index (Phi) is 3.91. The summed E-state index contributed by atoms with van der Waals surface area (Å²) in [6.07, 6.45) is -0.851. The Morgan fingerprint density at radius 3 is 2.11 bits per heavy atom. The van der Waals surface area contributed by atoms with Crippen molar-refractivity contribution in [3.63, 3.8) is 0 Å². The molecule has 0 aliphatic rings. The van der Waals surface area contributed by atoms with Crippen molar-refractivity contribution < 1.29 is 23.8 Å². The van der Waals surface area contributed by atoms with Crippen LogP contribution in [0.3, 0.4) is 0 Å². The maximum Gasteiger partial charge on any atom is 0.335 e. The molecule has 4 nitrogen and oxygen atoms in total. The SMILES string of the molecule is CC(O)C(C)(C)Nc1c(F)cc(C(=O)O)cc1F. The fraction of sp³-hybridized carbons (Fsp3) is 0.417. The molecule has 18 heavy (non-hydrogen) atoms. The summed E-state index contributed by atoms with van der Waals surface area (Å²) in [7, 11) is 0. The lowest BCUT2D eigenvalue weighted by Gasteiger charge is -2.30. The molecule has 0 aliphatic heterocycles. The minimum atomic E-state index is -1.41. The molecule has 1 unspecified atom stereocenters. The quantitative estimate of drug-likeness (QED) is 0.775. The van der Waals surface area contributed by atoms with Gasteiger partial charge >= 0.3 is 5.97 Å². The zero-order chi connectivity index (χ0) is 14.1. The number of nitrogens with one attached hydrogen (secondary N) is 1. The number of carboxylic acids is 1. The van der Waals surface area contributed by atoms with E-state index in [1.807, 2.05) is 0 Å². The monoisotopic (exact) mass is 259 g/mol. The molecule has 1 rings (SSSR count). The van der Waals surface area contributed by atoms with Gasteiger partial charge in [0.1, 0.15) is 17.3 Å². The number of anilines is 1. The van der Waals surface area contributed by atoms with E-state index in [0.717, 1.165) is 12.1 Å². The maximum absolute atomic E-state index is 13.6. The van der Waals surface area contributed by atoms with Crippen molar-refractivity contribution in [1.82, 2.24) is 0 Å². The number of hydrogen-bond donors (Lipinski definition) is 3. The molecule has 0 heterocycles. The van der Waals surface area contributed by atoms with Crippen LogP contribution in [0.2, 0.25) is 0 Å². The fourth-order valence-corrected chi connectivity index (χ4v) is 1.24. The first kappa shape index (κ1) is 14.4. The lowest BCUT2D eigenvalue weighted by Crippen LogP contribution is -2.42. The van der Waals surface area contributed by atoms with Gasteiger partial charge in [-0.15, -0.1) is 0 Å². The summed E-state index contributed by atoms with van der Waals surface area (Å²) in [6, 6.07) is 1.46. The van der Waals surface area contributed by atoms with E-state index in [1.54, 1.807) is 13.8 Å². The first-order valence-electron chi connectivity index (χ1n) is 5.33. The Balaban J connectivity index is 3.16. The zero-order valence-electron chi connectivity index (χ0n) is 10.3. The van der Waals surface area contributed by atoms with Crippen LogP contribution in [-0.2, 0) is 0 Å². The third-order valence-corrected chi connectivity index (χ3v) is 2.78. The summed E-state index contributed by atoms with van der Waals surface area (Å²) >= 11 is 0. The van der Waals surface area contributed by atoms with Crippen LogP contribution < -0.4 is 5.32 Å². The Labute approximate surface area is 103 Å². The summed E-state index contributed by atoms with van der Waals surface area (Å²) in [5, 5.41) is 20.6. The van der Waals surface area contributed by atoms with Crippen LogP contribution in [0, 0.1) is 11.6 Å². The second-order valence-electron chi connectivity index (χ2n) is 4.64. The number of aliphatic hydroxyl groups is 1. The van der Waals surface area contributed by atoms with E-state index >= 15 is 0 Å². The van der Waals surface area contributed by atoms with Gasteiger partial charge in [-0.1, -0.05) is 0 Å². The van der Waals surface area contributed by atoms with E-state index in [1.165, 1.54) is 6.92 Å². The van der Waals surface area contributed by atoms with Crippen molar-refractivity contribution in [1.29, 1.82) is 0 Å². The van der Waals surface area contributed by atoms with Gasteiger partial charge < -0.3 is 15.5 Å². The van der Waals surface area contributed by atoms with Gasteiger partial charge in [-0.2, -0.15) is 0 Å². The molecule has 6 heteroatoms. The number of aliphatic hydroxyl groups excluding tert-OH is 1. The second-order valence-corrected chi connectivity index (χ2v) is 4.64. The second kappa shape index (κ2) is 4.89. The molecule has 1 aromatic carbocycles. The van der Waals surface area contributed by atoms with Gasteiger partial charge in [-0.3, -0.25) is 0 Å². The molecular weight excluding hydrogens is 244 g/mol. The molecule has 0 bridgehead atoms. The van der Waals surface area contributed by atoms with E-state index in [0.29, 0.717) is 0 Å². The summed E-state index contributed by atoms with van der Waals surface area (Å²) in [5.41, 5.74) is -1.87. The minimum absolute atomic E-state index is 0.453. The molecule has 3 N–H and O–H groups in total. The molecule has 0 radical (unpaired) electrons. The molecule has 0 aliphatic carbocycles. The van der Waals surface area contributed by atoms with Crippen LogP contribution >= 0.6 is 0 Å². The molecule has 100 valence electrons. The van der Waals surface area contributed by atoms with Crippen molar-refractivity contribution in [2.45, 2.75) is 32.4 Å². The molecule has 0 aromatic heterocycles. The number of carboxylic acid groups (broad SMARTS) is 1. The maximum atomic E-state index is 13.6. The van der Waals surface area contributed by atoms with Gasteiger partial charge in [0.15, 0.2) is 0 Å². The Bertz CT molecular complexity index is 449. The van der Waals surface area contributed by atoms with Crippen LogP contribution in [0.1, 0.15) is 31.1 Å². The van der Waals surface area contributed by atoms with Crippen LogP contribution in [0.4, 0.5) is 14.5 Å². The number of hydrogen-bond acceptors (Lipinski definition) is 3. The highest BCUT2D eigenvalue weighted by Crippen LogP contribution is 2.25. The molecule has 0 amide bonds. The largest absolute Gasteiger partial charge is 0.478 e. The molecule has 0 fully saturated rings. The highest BCUT2D eigenvalue weighted by molar-refractivity contribution is 5.88. The normalized spacial score (nSPS) is 13.2. The lowest BCUT2D eigenvalue weighted by molar-refractivity contribution is 0.0695. The zero-order valence-corrected chi connectivity index (χ0v) is 10.3. The van der Waals surface area contributed by atoms with Crippen molar-refractivity contribution in [3.05, 3.63) is 29.3 Å². The Hall–Kier alpha value is -1.69. The van der Waals surface area contributed by atoms with Gasteiger partial charge in [0, 0.05) is 0 Å². The fourth-order valence-electron chi connectivity index (χ4n) is 1.24. The van der Waals surface area contributed by atoms with Crippen LogP contribution in [0.5, 0.6) is 0 Å². The van der Waals surface area contributed by atoms with Crippen molar-refractivity contribution >= 4 is 11.7 Å². The summed E-state index contributed by atoms with van der Waals surface area (Å²) in [4.78, 5) is 10.6. The number of benzene rings is 1. The number of aromatic carboxylic acids is 1. The number of halogens is 2. The highest BCUT2D eigenvalue weighted by Gasteiger charge is 2.27. The molecule has 1 aromatic rings. The standard InChI is InChI=1S/C12H15F2NO3/c1-6(16)12(2,3)15-10-8(13)4-7(11(17)18)5-9(10)14/h4-6,15-16H,1-3H3,(H,17,18). The molecular formula is C12H15F2NO3. The predicted molar refractivity (Wildman–Crippen MR) is 62.7 cm³/mol.